The van der Waals surface area contributed by atoms with Gasteiger partial charge in [-0.25, -0.2) is 0 Å². The zero-order chi connectivity index (χ0) is 9.07. The van der Waals surface area contributed by atoms with E-state index in [1.807, 2.05) is 6.08 Å². The van der Waals surface area contributed by atoms with Crippen LogP contribution in [0.1, 0.15) is 45.4 Å². The standard InChI is InChI=1S/C11H23N/c1-3-5-6-7-8-9-11-12-10-4-2/h4,12H,2-3,5-11H2,1H3. The third-order valence-electron chi connectivity index (χ3n) is 2.00. The summed E-state index contributed by atoms with van der Waals surface area (Å²) >= 11 is 0. The molecule has 12 heavy (non-hydrogen) atoms. The van der Waals surface area contributed by atoms with Crippen LogP contribution in [0, 0.1) is 0 Å². The van der Waals surface area contributed by atoms with E-state index in [-0.39, 0.29) is 0 Å². The highest BCUT2D eigenvalue weighted by atomic mass is 14.8. The van der Waals surface area contributed by atoms with Crippen molar-refractivity contribution < 1.29 is 0 Å². The fourth-order valence-electron chi connectivity index (χ4n) is 1.23. The predicted octanol–water partition coefficient (Wildman–Crippen LogP) is 3.12. The van der Waals surface area contributed by atoms with E-state index >= 15 is 0 Å². The minimum Gasteiger partial charge on any atom is -0.313 e. The average Bonchev–Trinajstić information content (AvgIpc) is 2.10. The highest BCUT2D eigenvalue weighted by Crippen LogP contribution is 2.03. The van der Waals surface area contributed by atoms with Crippen LogP contribution in [-0.2, 0) is 0 Å². The number of nitrogens with one attached hydrogen (secondary N) is 1. The summed E-state index contributed by atoms with van der Waals surface area (Å²) in [6.07, 6.45) is 10.2. The lowest BCUT2D eigenvalue weighted by molar-refractivity contribution is 0.585. The fourth-order valence-corrected chi connectivity index (χ4v) is 1.23. The molecule has 0 amide bonds. The van der Waals surface area contributed by atoms with Crippen LogP contribution in [-0.4, -0.2) is 13.1 Å². The van der Waals surface area contributed by atoms with Crippen LogP contribution in [0.25, 0.3) is 0 Å². The molecule has 1 nitrogen and oxygen atoms in total. The number of unbranched alkanes of at least 4 members (excludes halogenated alkanes) is 5. The van der Waals surface area contributed by atoms with Crippen LogP contribution < -0.4 is 5.32 Å². The lowest BCUT2D eigenvalue weighted by atomic mass is 10.1. The Kier molecular flexibility index (Phi) is 10.4. The number of hydrogen-bond donors (Lipinski definition) is 1. The van der Waals surface area contributed by atoms with Gasteiger partial charge in [0.2, 0.25) is 0 Å². The van der Waals surface area contributed by atoms with Crippen molar-refractivity contribution in [1.82, 2.24) is 5.32 Å². The molecule has 0 aliphatic carbocycles. The third-order valence-corrected chi connectivity index (χ3v) is 2.00. The zero-order valence-corrected chi connectivity index (χ0v) is 8.44. The first-order valence-electron chi connectivity index (χ1n) is 5.23. The maximum Gasteiger partial charge on any atom is 0.0132 e. The van der Waals surface area contributed by atoms with Crippen molar-refractivity contribution in [3.63, 3.8) is 0 Å². The molecule has 0 bridgehead atoms. The van der Waals surface area contributed by atoms with Crippen LogP contribution in [0.4, 0.5) is 0 Å². The van der Waals surface area contributed by atoms with Gasteiger partial charge >= 0.3 is 0 Å². The van der Waals surface area contributed by atoms with Gasteiger partial charge in [0.05, 0.1) is 0 Å². The van der Waals surface area contributed by atoms with E-state index < -0.39 is 0 Å². The monoisotopic (exact) mass is 169 g/mol. The first-order chi connectivity index (χ1) is 5.91. The molecular weight excluding hydrogens is 146 g/mol. The van der Waals surface area contributed by atoms with Gasteiger partial charge in [0.25, 0.3) is 0 Å². The molecule has 0 heterocycles. The summed E-state index contributed by atoms with van der Waals surface area (Å²) in [6.45, 7) is 8.02. The fraction of sp³-hybridized carbons (Fsp3) is 0.818. The lowest BCUT2D eigenvalue weighted by Gasteiger charge is -2.01. The lowest BCUT2D eigenvalue weighted by Crippen LogP contribution is -2.14. The normalized spacial score (nSPS) is 10.1. The molecule has 0 unspecified atom stereocenters. The van der Waals surface area contributed by atoms with Crippen molar-refractivity contribution in [3.05, 3.63) is 12.7 Å². The van der Waals surface area contributed by atoms with Crippen LogP contribution >= 0.6 is 0 Å². The molecule has 0 fully saturated rings. The van der Waals surface area contributed by atoms with Gasteiger partial charge in [-0.05, 0) is 13.0 Å². The van der Waals surface area contributed by atoms with Gasteiger partial charge in [0, 0.05) is 6.54 Å². The quantitative estimate of drug-likeness (QED) is 0.413. The Morgan fingerprint density at radius 2 is 1.75 bits per heavy atom. The van der Waals surface area contributed by atoms with Crippen molar-refractivity contribution in [2.75, 3.05) is 13.1 Å². The molecule has 1 heteroatoms. The molecule has 72 valence electrons. The van der Waals surface area contributed by atoms with Crippen molar-refractivity contribution in [2.24, 2.45) is 0 Å². The van der Waals surface area contributed by atoms with Gasteiger partial charge in [-0.3, -0.25) is 0 Å². The minimum absolute atomic E-state index is 0.953. The average molecular weight is 169 g/mol. The minimum atomic E-state index is 0.953. The van der Waals surface area contributed by atoms with Crippen molar-refractivity contribution >= 4 is 0 Å². The molecule has 0 aromatic rings. The summed E-state index contributed by atoms with van der Waals surface area (Å²) < 4.78 is 0. The SMILES string of the molecule is C=CCNCCCCCCCC. The molecular formula is C11H23N. The maximum atomic E-state index is 3.66. The molecule has 0 aliphatic heterocycles. The van der Waals surface area contributed by atoms with E-state index in [9.17, 15) is 0 Å². The van der Waals surface area contributed by atoms with Crippen molar-refractivity contribution in [1.29, 1.82) is 0 Å². The molecule has 0 saturated carbocycles. The van der Waals surface area contributed by atoms with Crippen LogP contribution in [0.3, 0.4) is 0 Å². The Morgan fingerprint density at radius 3 is 2.42 bits per heavy atom. The Morgan fingerprint density at radius 1 is 1.08 bits per heavy atom. The molecule has 0 saturated heterocycles. The molecule has 1 N–H and O–H groups in total. The second-order valence-corrected chi connectivity index (χ2v) is 3.26. The molecule has 0 atom stereocenters. The number of hydrogen-bond acceptors (Lipinski definition) is 1. The summed E-state index contributed by atoms with van der Waals surface area (Å²) in [5.74, 6) is 0. The van der Waals surface area contributed by atoms with E-state index in [1.54, 1.807) is 0 Å². The van der Waals surface area contributed by atoms with E-state index in [0.717, 1.165) is 13.1 Å². The largest absolute Gasteiger partial charge is 0.313 e. The summed E-state index contributed by atoms with van der Waals surface area (Å²) in [5.41, 5.74) is 0. The number of rotatable bonds is 9. The molecule has 0 aromatic carbocycles. The highest BCUT2D eigenvalue weighted by molar-refractivity contribution is 4.69. The molecule has 0 aromatic heterocycles. The molecule has 0 spiro atoms. The van der Waals surface area contributed by atoms with Crippen molar-refractivity contribution in [2.45, 2.75) is 45.4 Å². The first kappa shape index (κ1) is 11.7. The molecule has 0 radical (unpaired) electrons. The Balaban J connectivity index is 2.77. The second kappa shape index (κ2) is 10.7. The highest BCUT2D eigenvalue weighted by Gasteiger charge is 1.88. The van der Waals surface area contributed by atoms with E-state index in [2.05, 4.69) is 18.8 Å². The molecule has 0 aliphatic rings. The van der Waals surface area contributed by atoms with E-state index in [1.165, 1.54) is 38.5 Å². The van der Waals surface area contributed by atoms with Crippen LogP contribution in [0.5, 0.6) is 0 Å². The summed E-state index contributed by atoms with van der Waals surface area (Å²) in [5, 5.41) is 3.31. The Labute approximate surface area is 77.2 Å². The van der Waals surface area contributed by atoms with Gasteiger partial charge in [-0.2, -0.15) is 0 Å². The van der Waals surface area contributed by atoms with Crippen LogP contribution in [0.2, 0.25) is 0 Å². The van der Waals surface area contributed by atoms with Gasteiger partial charge in [0.1, 0.15) is 0 Å². The third kappa shape index (κ3) is 9.70. The van der Waals surface area contributed by atoms with E-state index in [0.29, 0.717) is 0 Å². The topological polar surface area (TPSA) is 12.0 Å². The maximum absolute atomic E-state index is 3.66. The van der Waals surface area contributed by atoms with Gasteiger partial charge in [0.15, 0.2) is 0 Å². The first-order valence-corrected chi connectivity index (χ1v) is 5.23. The predicted molar refractivity (Wildman–Crippen MR) is 56.4 cm³/mol. The zero-order valence-electron chi connectivity index (χ0n) is 8.44. The summed E-state index contributed by atoms with van der Waals surface area (Å²) in [4.78, 5) is 0. The van der Waals surface area contributed by atoms with Gasteiger partial charge < -0.3 is 5.32 Å². The Bertz CT molecular complexity index is 89.0. The van der Waals surface area contributed by atoms with Gasteiger partial charge in [-0.15, -0.1) is 6.58 Å². The summed E-state index contributed by atoms with van der Waals surface area (Å²) in [6, 6.07) is 0. The summed E-state index contributed by atoms with van der Waals surface area (Å²) in [7, 11) is 0. The van der Waals surface area contributed by atoms with Crippen molar-refractivity contribution in [3.8, 4) is 0 Å². The van der Waals surface area contributed by atoms with E-state index in [4.69, 9.17) is 0 Å². The van der Waals surface area contributed by atoms with Crippen LogP contribution in [0.15, 0.2) is 12.7 Å². The van der Waals surface area contributed by atoms with Gasteiger partial charge in [-0.1, -0.05) is 45.1 Å². The Hall–Kier alpha value is -0.300. The smallest absolute Gasteiger partial charge is 0.0132 e. The second-order valence-electron chi connectivity index (χ2n) is 3.26. The molecule has 0 rings (SSSR count).